The fraction of sp³-hybridized carbons (Fsp3) is 0.240. The van der Waals surface area contributed by atoms with Gasteiger partial charge in [0.05, 0.1) is 11.3 Å². The fourth-order valence-electron chi connectivity index (χ4n) is 3.03. The third kappa shape index (κ3) is 7.84. The summed E-state index contributed by atoms with van der Waals surface area (Å²) < 4.78 is 51.7. The minimum Gasteiger partial charge on any atom is -0.489 e. The summed E-state index contributed by atoms with van der Waals surface area (Å²) in [4.78, 5) is 28.2. The van der Waals surface area contributed by atoms with Gasteiger partial charge in [0.15, 0.2) is 5.75 Å². The number of para-hydroxylation sites is 1. The number of hydrogen-bond donors (Lipinski definition) is 4. The Labute approximate surface area is 211 Å². The number of carbonyl (C=O) groups is 2. The van der Waals surface area contributed by atoms with E-state index in [1.807, 2.05) is 0 Å². The number of aromatic nitrogens is 1. The number of amides is 3. The van der Waals surface area contributed by atoms with E-state index in [-0.39, 0.29) is 23.9 Å². The molecule has 196 valence electrons. The van der Waals surface area contributed by atoms with Gasteiger partial charge >= 0.3 is 12.2 Å². The second-order valence-electron chi connectivity index (χ2n) is 8.62. The average Bonchev–Trinajstić information content (AvgIpc) is 2.83. The van der Waals surface area contributed by atoms with Gasteiger partial charge in [-0.25, -0.2) is 4.79 Å². The van der Waals surface area contributed by atoms with Crippen LogP contribution in [-0.4, -0.2) is 36.1 Å². The summed E-state index contributed by atoms with van der Waals surface area (Å²) in [5, 5.41) is 7.40. The quantitative estimate of drug-likeness (QED) is 0.333. The number of ether oxygens (including phenoxy) is 2. The van der Waals surface area contributed by atoms with Crippen molar-refractivity contribution < 1.29 is 32.2 Å². The predicted octanol–water partition coefficient (Wildman–Crippen LogP) is 5.01. The Bertz CT molecular complexity index is 1260. The van der Waals surface area contributed by atoms with Crippen molar-refractivity contribution >= 4 is 23.3 Å². The third-order valence-electron chi connectivity index (χ3n) is 4.70. The van der Waals surface area contributed by atoms with Crippen LogP contribution < -0.4 is 31.2 Å². The highest BCUT2D eigenvalue weighted by Crippen LogP contribution is 2.40. The first kappa shape index (κ1) is 27.3. The van der Waals surface area contributed by atoms with Gasteiger partial charge in [0.2, 0.25) is 0 Å². The molecule has 3 amide bonds. The number of hydrogen-bond acceptors (Lipinski definition) is 6. The van der Waals surface area contributed by atoms with E-state index < -0.39 is 29.1 Å². The molecule has 0 aliphatic heterocycles. The Kier molecular flexibility index (Phi) is 8.23. The molecule has 0 spiro atoms. The zero-order valence-electron chi connectivity index (χ0n) is 20.3. The van der Waals surface area contributed by atoms with Crippen molar-refractivity contribution in [1.82, 2.24) is 10.3 Å². The summed E-state index contributed by atoms with van der Waals surface area (Å²) in [5.41, 5.74) is 4.28. The highest BCUT2D eigenvalue weighted by atomic mass is 19.4. The number of anilines is 2. The van der Waals surface area contributed by atoms with Gasteiger partial charge in [0.1, 0.15) is 23.8 Å². The molecule has 1 aromatic heterocycles. The smallest absolute Gasteiger partial charge is 0.420 e. The van der Waals surface area contributed by atoms with Gasteiger partial charge < -0.3 is 31.2 Å². The summed E-state index contributed by atoms with van der Waals surface area (Å²) in [6, 6.07) is 11.8. The summed E-state index contributed by atoms with van der Waals surface area (Å²) in [5.74, 6) is -0.0965. The third-order valence-corrected chi connectivity index (χ3v) is 4.70. The number of halogens is 3. The number of benzene rings is 2. The molecule has 0 atom stereocenters. The molecule has 0 fully saturated rings. The maximum absolute atomic E-state index is 13.5. The van der Waals surface area contributed by atoms with Crippen molar-refractivity contribution in [2.75, 3.05) is 24.3 Å². The van der Waals surface area contributed by atoms with Gasteiger partial charge in [0, 0.05) is 30.5 Å². The van der Waals surface area contributed by atoms with Crippen molar-refractivity contribution in [3.63, 3.8) is 0 Å². The first-order valence-corrected chi connectivity index (χ1v) is 11.0. The first-order chi connectivity index (χ1) is 17.4. The molecule has 0 saturated carbocycles. The Balaban J connectivity index is 1.70. The molecular formula is C25H26F3N5O4. The van der Waals surface area contributed by atoms with Crippen LogP contribution in [0.4, 0.5) is 29.3 Å². The topological polar surface area (TPSA) is 128 Å². The lowest BCUT2D eigenvalue weighted by molar-refractivity contribution is -0.139. The summed E-state index contributed by atoms with van der Waals surface area (Å²) in [6.45, 7) is 3.00. The summed E-state index contributed by atoms with van der Waals surface area (Å²) >= 11 is 0. The zero-order valence-corrected chi connectivity index (χ0v) is 20.3. The normalized spacial score (nSPS) is 11.4. The molecule has 3 rings (SSSR count). The Morgan fingerprint density at radius 1 is 1.00 bits per heavy atom. The van der Waals surface area contributed by atoms with Gasteiger partial charge in [-0.15, -0.1) is 0 Å². The number of nitrogens with two attached hydrogens (primary N) is 1. The zero-order chi connectivity index (χ0) is 27.2. The van der Waals surface area contributed by atoms with E-state index in [2.05, 4.69) is 20.9 Å². The number of alkyl halides is 3. The van der Waals surface area contributed by atoms with E-state index in [4.69, 9.17) is 15.2 Å². The predicted molar refractivity (Wildman–Crippen MR) is 132 cm³/mol. The average molecular weight is 518 g/mol. The molecule has 0 unspecified atom stereocenters. The van der Waals surface area contributed by atoms with Crippen molar-refractivity contribution in [3.05, 3.63) is 72.1 Å². The van der Waals surface area contributed by atoms with Crippen LogP contribution in [0.1, 0.15) is 29.9 Å². The van der Waals surface area contributed by atoms with Crippen LogP contribution in [0.3, 0.4) is 0 Å². The minimum absolute atomic E-state index is 0.166. The van der Waals surface area contributed by atoms with Gasteiger partial charge in [-0.2, -0.15) is 13.2 Å². The Morgan fingerprint density at radius 2 is 1.70 bits per heavy atom. The van der Waals surface area contributed by atoms with Crippen molar-refractivity contribution in [2.45, 2.75) is 25.6 Å². The van der Waals surface area contributed by atoms with Gasteiger partial charge in [-0.3, -0.25) is 9.78 Å². The van der Waals surface area contributed by atoms with Crippen molar-refractivity contribution in [1.29, 1.82) is 0 Å². The monoisotopic (exact) mass is 517 g/mol. The summed E-state index contributed by atoms with van der Waals surface area (Å²) in [7, 11) is 1.49. The second-order valence-corrected chi connectivity index (χ2v) is 8.62. The number of nitrogens with zero attached hydrogens (tertiary/aromatic N) is 1. The number of nitrogens with one attached hydrogen (secondary N) is 3. The Hall–Kier alpha value is -4.32. The molecule has 0 radical (unpaired) electrons. The largest absolute Gasteiger partial charge is 0.489 e. The first-order valence-electron chi connectivity index (χ1n) is 11.0. The highest BCUT2D eigenvalue weighted by Gasteiger charge is 2.36. The number of pyridine rings is 1. The maximum atomic E-state index is 13.5. The molecule has 0 bridgehead atoms. The van der Waals surface area contributed by atoms with Gasteiger partial charge in [-0.05, 0) is 56.3 Å². The lowest BCUT2D eigenvalue weighted by Crippen LogP contribution is -2.39. The van der Waals surface area contributed by atoms with E-state index in [1.165, 1.54) is 43.6 Å². The number of carbonyl (C=O) groups excluding carboxylic acids is 2. The molecule has 12 heteroatoms. The Morgan fingerprint density at radius 3 is 2.32 bits per heavy atom. The van der Waals surface area contributed by atoms with E-state index in [0.717, 1.165) is 6.07 Å². The molecule has 2 aromatic carbocycles. The van der Waals surface area contributed by atoms with E-state index >= 15 is 0 Å². The van der Waals surface area contributed by atoms with E-state index in [1.54, 1.807) is 32.0 Å². The lowest BCUT2D eigenvalue weighted by atomic mass is 10.1. The van der Waals surface area contributed by atoms with E-state index in [9.17, 15) is 22.8 Å². The maximum Gasteiger partial charge on any atom is 0.420 e. The van der Waals surface area contributed by atoms with Crippen LogP contribution in [0.5, 0.6) is 17.2 Å². The molecule has 5 N–H and O–H groups in total. The van der Waals surface area contributed by atoms with Crippen molar-refractivity contribution in [3.8, 4) is 17.2 Å². The molecule has 0 aliphatic carbocycles. The van der Waals surface area contributed by atoms with Crippen LogP contribution in [0.2, 0.25) is 0 Å². The molecular weight excluding hydrogens is 491 g/mol. The van der Waals surface area contributed by atoms with Crippen LogP contribution in [0.25, 0.3) is 0 Å². The molecule has 1 heterocycles. The van der Waals surface area contributed by atoms with Gasteiger partial charge in [0.25, 0.3) is 5.91 Å². The van der Waals surface area contributed by atoms with Crippen LogP contribution in [0, 0.1) is 0 Å². The fourth-order valence-corrected chi connectivity index (χ4v) is 3.03. The summed E-state index contributed by atoms with van der Waals surface area (Å²) in [6.07, 6.45) is -3.27. The minimum atomic E-state index is -4.70. The SMILES string of the molecule is CNC(=O)c1cc(Oc2ccc(NC(=O)Nc3cccc(C(F)(F)F)c3OCC(C)(C)N)cc2)ccn1. The highest BCUT2D eigenvalue weighted by molar-refractivity contribution is 6.00. The number of urea groups is 1. The molecule has 37 heavy (non-hydrogen) atoms. The molecule has 3 aromatic rings. The molecule has 9 nitrogen and oxygen atoms in total. The van der Waals surface area contributed by atoms with Crippen LogP contribution in [-0.2, 0) is 6.18 Å². The standard InChI is InChI=1S/C25H26F3N5O4/c1-24(2,29)14-36-21-18(25(26,27)28)5-4-6-19(21)33-23(35)32-15-7-9-16(10-8-15)37-17-11-12-31-20(13-17)22(34)30-3/h4-13H,14,29H2,1-3H3,(H,30,34)(H2,32,33,35). The number of rotatable bonds is 8. The van der Waals surface area contributed by atoms with E-state index in [0.29, 0.717) is 17.2 Å². The van der Waals surface area contributed by atoms with Crippen LogP contribution in [0.15, 0.2) is 60.8 Å². The van der Waals surface area contributed by atoms with Gasteiger partial charge in [-0.1, -0.05) is 6.07 Å². The van der Waals surface area contributed by atoms with Crippen molar-refractivity contribution in [2.24, 2.45) is 5.73 Å². The molecule has 0 saturated heterocycles. The second kappa shape index (κ2) is 11.2. The lowest BCUT2D eigenvalue weighted by Gasteiger charge is -2.23. The molecule has 0 aliphatic rings. The van der Waals surface area contributed by atoms with Crippen LogP contribution >= 0.6 is 0 Å².